The zero-order chi connectivity index (χ0) is 15.0. The molecule has 0 spiro atoms. The second-order valence-electron chi connectivity index (χ2n) is 5.37. The van der Waals surface area contributed by atoms with E-state index in [0.29, 0.717) is 23.8 Å². The number of fused-ring (bicyclic) bond motifs is 1. The van der Waals surface area contributed by atoms with E-state index in [9.17, 15) is 8.42 Å². The number of halogens is 1. The molecule has 2 aromatic heterocycles. The van der Waals surface area contributed by atoms with Crippen molar-refractivity contribution in [3.8, 4) is 0 Å². The van der Waals surface area contributed by atoms with Crippen LogP contribution in [0.3, 0.4) is 0 Å². The predicted molar refractivity (Wildman–Crippen MR) is 82.9 cm³/mol. The first-order valence-corrected chi connectivity index (χ1v) is 9.03. The zero-order valence-electron chi connectivity index (χ0n) is 11.7. The van der Waals surface area contributed by atoms with Crippen LogP contribution in [0.1, 0.15) is 24.5 Å². The Labute approximate surface area is 129 Å². The summed E-state index contributed by atoms with van der Waals surface area (Å²) in [5.74, 6) is 0.282. The van der Waals surface area contributed by atoms with Gasteiger partial charge < -0.3 is 0 Å². The van der Waals surface area contributed by atoms with Crippen LogP contribution in [-0.4, -0.2) is 42.0 Å². The Morgan fingerprint density at radius 1 is 1.29 bits per heavy atom. The monoisotopic (exact) mass is 325 g/mol. The molecule has 0 saturated carbocycles. The molecule has 0 aromatic carbocycles. The maximum Gasteiger partial charge on any atom is 0.211 e. The topological polar surface area (TPSA) is 63.2 Å². The van der Waals surface area contributed by atoms with Crippen molar-refractivity contribution >= 4 is 32.7 Å². The highest BCUT2D eigenvalue weighted by Crippen LogP contribution is 2.29. The minimum absolute atomic E-state index is 0.282. The molecule has 2 aromatic rings. The summed E-state index contributed by atoms with van der Waals surface area (Å²) in [7, 11) is -3.09. The van der Waals surface area contributed by atoms with Gasteiger partial charge in [0, 0.05) is 36.3 Å². The maximum absolute atomic E-state index is 11.5. The minimum atomic E-state index is -3.09. The van der Waals surface area contributed by atoms with Gasteiger partial charge in [0.2, 0.25) is 10.0 Å². The van der Waals surface area contributed by atoms with E-state index in [1.807, 2.05) is 18.2 Å². The summed E-state index contributed by atoms with van der Waals surface area (Å²) < 4.78 is 24.6. The molecule has 0 aliphatic carbocycles. The van der Waals surface area contributed by atoms with Crippen molar-refractivity contribution in [1.29, 1.82) is 0 Å². The van der Waals surface area contributed by atoms with Crippen molar-refractivity contribution < 1.29 is 8.42 Å². The highest BCUT2D eigenvalue weighted by atomic mass is 35.5. The van der Waals surface area contributed by atoms with E-state index < -0.39 is 10.0 Å². The highest BCUT2D eigenvalue weighted by Gasteiger charge is 2.26. The van der Waals surface area contributed by atoms with Gasteiger partial charge in [-0.3, -0.25) is 0 Å². The molecule has 112 valence electrons. The standard InChI is InChI=1S/C14H16ClN3O2S/c1-21(19,20)18-6-4-10(5-7-18)13-3-2-11-8-12(15)9-16-14(11)17-13/h2-3,8-10H,4-7H2,1H3. The molecule has 0 atom stereocenters. The fourth-order valence-electron chi connectivity index (χ4n) is 2.71. The lowest BCUT2D eigenvalue weighted by molar-refractivity contribution is 0.319. The van der Waals surface area contributed by atoms with Gasteiger partial charge in [-0.15, -0.1) is 0 Å². The van der Waals surface area contributed by atoms with Crippen LogP contribution in [0, 0.1) is 0 Å². The first-order valence-electron chi connectivity index (χ1n) is 6.81. The average Bonchev–Trinajstić information content (AvgIpc) is 2.46. The van der Waals surface area contributed by atoms with Crippen LogP contribution in [0.15, 0.2) is 24.4 Å². The lowest BCUT2D eigenvalue weighted by atomic mass is 9.94. The van der Waals surface area contributed by atoms with Gasteiger partial charge in [-0.25, -0.2) is 22.7 Å². The molecular formula is C14H16ClN3O2S. The van der Waals surface area contributed by atoms with E-state index in [0.717, 1.165) is 23.9 Å². The molecule has 0 N–H and O–H groups in total. The third-order valence-corrected chi connectivity index (χ3v) is 5.38. The molecule has 0 radical (unpaired) electrons. The van der Waals surface area contributed by atoms with Crippen molar-refractivity contribution in [2.45, 2.75) is 18.8 Å². The number of nitrogens with zero attached hydrogens (tertiary/aromatic N) is 3. The molecule has 7 heteroatoms. The molecule has 0 amide bonds. The summed E-state index contributed by atoms with van der Waals surface area (Å²) in [6.07, 6.45) is 4.43. The van der Waals surface area contributed by atoms with Crippen LogP contribution in [0.2, 0.25) is 5.02 Å². The Morgan fingerprint density at radius 2 is 2.00 bits per heavy atom. The average molecular weight is 326 g/mol. The smallest absolute Gasteiger partial charge is 0.211 e. The van der Waals surface area contributed by atoms with Crippen LogP contribution in [0.4, 0.5) is 0 Å². The second-order valence-corrected chi connectivity index (χ2v) is 7.79. The summed E-state index contributed by atoms with van der Waals surface area (Å²) in [4.78, 5) is 8.83. The number of hydrogen-bond donors (Lipinski definition) is 0. The molecule has 3 rings (SSSR count). The summed E-state index contributed by atoms with van der Waals surface area (Å²) in [5, 5.41) is 1.51. The first-order chi connectivity index (χ1) is 9.93. The van der Waals surface area contributed by atoms with E-state index in [1.54, 1.807) is 6.20 Å². The van der Waals surface area contributed by atoms with E-state index in [1.165, 1.54) is 10.6 Å². The number of aromatic nitrogens is 2. The summed E-state index contributed by atoms with van der Waals surface area (Å²) in [6, 6.07) is 5.80. The Hall–Kier alpha value is -1.24. The number of piperidine rings is 1. The van der Waals surface area contributed by atoms with E-state index >= 15 is 0 Å². The van der Waals surface area contributed by atoms with Gasteiger partial charge in [0.15, 0.2) is 5.65 Å². The van der Waals surface area contributed by atoms with Gasteiger partial charge in [0.25, 0.3) is 0 Å². The Morgan fingerprint density at radius 3 is 2.67 bits per heavy atom. The maximum atomic E-state index is 11.5. The van der Waals surface area contributed by atoms with E-state index in [2.05, 4.69) is 9.97 Å². The van der Waals surface area contributed by atoms with Crippen molar-refractivity contribution in [2.75, 3.05) is 19.3 Å². The number of sulfonamides is 1. The second kappa shape index (κ2) is 5.51. The van der Waals surface area contributed by atoms with Crippen molar-refractivity contribution in [3.05, 3.63) is 35.1 Å². The Balaban J connectivity index is 1.81. The molecule has 1 saturated heterocycles. The van der Waals surface area contributed by atoms with Crippen LogP contribution < -0.4 is 0 Å². The minimum Gasteiger partial charge on any atom is -0.235 e. The van der Waals surface area contributed by atoms with Crippen molar-refractivity contribution in [1.82, 2.24) is 14.3 Å². The Bertz CT molecular complexity index is 771. The third-order valence-electron chi connectivity index (χ3n) is 3.87. The van der Waals surface area contributed by atoms with Gasteiger partial charge in [-0.2, -0.15) is 0 Å². The molecule has 3 heterocycles. The van der Waals surface area contributed by atoms with Crippen LogP contribution in [-0.2, 0) is 10.0 Å². The van der Waals surface area contributed by atoms with Crippen molar-refractivity contribution in [3.63, 3.8) is 0 Å². The molecule has 5 nitrogen and oxygen atoms in total. The van der Waals surface area contributed by atoms with Gasteiger partial charge in [0.1, 0.15) is 0 Å². The van der Waals surface area contributed by atoms with Gasteiger partial charge >= 0.3 is 0 Å². The van der Waals surface area contributed by atoms with E-state index in [4.69, 9.17) is 11.6 Å². The summed E-state index contributed by atoms with van der Waals surface area (Å²) in [5.41, 5.74) is 1.66. The fraction of sp³-hybridized carbons (Fsp3) is 0.429. The first kappa shape index (κ1) is 14.7. The van der Waals surface area contributed by atoms with Gasteiger partial charge in [-0.05, 0) is 31.0 Å². The predicted octanol–water partition coefficient (Wildman–Crippen LogP) is 2.42. The molecule has 1 fully saturated rings. The fourth-order valence-corrected chi connectivity index (χ4v) is 3.75. The highest BCUT2D eigenvalue weighted by molar-refractivity contribution is 7.88. The summed E-state index contributed by atoms with van der Waals surface area (Å²) >= 11 is 5.91. The lowest BCUT2D eigenvalue weighted by Crippen LogP contribution is -2.37. The normalized spacial score (nSPS) is 18.2. The molecule has 0 bridgehead atoms. The van der Waals surface area contributed by atoms with Crippen LogP contribution in [0.25, 0.3) is 11.0 Å². The zero-order valence-corrected chi connectivity index (χ0v) is 13.2. The van der Waals surface area contributed by atoms with Gasteiger partial charge in [0.05, 0.1) is 11.3 Å². The Kier molecular flexibility index (Phi) is 3.86. The molecular weight excluding hydrogens is 310 g/mol. The molecule has 1 aliphatic rings. The largest absolute Gasteiger partial charge is 0.235 e. The van der Waals surface area contributed by atoms with Crippen molar-refractivity contribution in [2.24, 2.45) is 0 Å². The quantitative estimate of drug-likeness (QED) is 0.850. The number of hydrogen-bond acceptors (Lipinski definition) is 4. The van der Waals surface area contributed by atoms with Crippen LogP contribution in [0.5, 0.6) is 0 Å². The van der Waals surface area contributed by atoms with Crippen LogP contribution >= 0.6 is 11.6 Å². The number of pyridine rings is 2. The third kappa shape index (κ3) is 3.17. The van der Waals surface area contributed by atoms with E-state index in [-0.39, 0.29) is 5.92 Å². The SMILES string of the molecule is CS(=O)(=O)N1CCC(c2ccc3cc(Cl)cnc3n2)CC1. The van der Waals surface area contributed by atoms with Gasteiger partial charge in [-0.1, -0.05) is 11.6 Å². The molecule has 0 unspecified atom stereocenters. The lowest BCUT2D eigenvalue weighted by Gasteiger charge is -2.29. The summed E-state index contributed by atoms with van der Waals surface area (Å²) in [6.45, 7) is 1.11. The number of rotatable bonds is 2. The molecule has 1 aliphatic heterocycles. The molecule has 21 heavy (non-hydrogen) atoms.